The first kappa shape index (κ1) is 85.4. The standard InChI is InChI=1S/8C5H4N4.4CNS.2Zn/c8*6-9-8-5-1-3-7-4-2-5;4*2-1-3;;/h8*1-4H;;;;;;/q;;;;;;;;4*-1;2*+2. The van der Waals surface area contributed by atoms with E-state index >= 15 is 0 Å². The molecule has 0 saturated heterocycles. The largest absolute Gasteiger partial charge is 2.00 e. The fourth-order valence-corrected chi connectivity index (χ4v) is 3.70. The van der Waals surface area contributed by atoms with Crippen LogP contribution >= 0.6 is 48.9 Å². The predicted molar refractivity (Wildman–Crippen MR) is 328 cm³/mol. The maximum Gasteiger partial charge on any atom is 2.00 e. The molecule has 416 valence electrons. The molecule has 0 aliphatic carbocycles. The Morgan fingerprint density at radius 3 is 0.349 bits per heavy atom. The van der Waals surface area contributed by atoms with Crippen LogP contribution in [0.4, 0.5) is 45.5 Å². The predicted octanol–water partition coefficient (Wildman–Crippen LogP) is 18.8. The third-order valence-corrected chi connectivity index (χ3v) is 6.58. The van der Waals surface area contributed by atoms with Gasteiger partial charge in [-0.2, -0.15) is 20.6 Å². The second-order valence-corrected chi connectivity index (χ2v) is 12.3. The molecule has 0 amide bonds. The van der Waals surface area contributed by atoms with Gasteiger partial charge in [-0.25, -0.2) is 0 Å². The van der Waals surface area contributed by atoms with Crippen molar-refractivity contribution in [2.24, 2.45) is 40.9 Å². The third-order valence-electron chi connectivity index (χ3n) is 6.58. The van der Waals surface area contributed by atoms with Gasteiger partial charge >= 0.3 is 39.0 Å². The zero-order valence-corrected chi connectivity index (χ0v) is 52.8. The summed E-state index contributed by atoms with van der Waals surface area (Å²) in [6.45, 7) is 0. The van der Waals surface area contributed by atoms with E-state index in [-0.39, 0.29) is 39.0 Å². The average molecular weight is 1320 g/mol. The number of nitrogens with zero attached hydrogens (tertiary/aromatic N) is 36. The Hall–Kier alpha value is -11.9. The van der Waals surface area contributed by atoms with Crippen LogP contribution in [-0.2, 0) is 39.0 Å². The maximum atomic E-state index is 7.96. The van der Waals surface area contributed by atoms with Crippen molar-refractivity contribution < 1.29 is 39.0 Å². The minimum atomic E-state index is 0. The quantitative estimate of drug-likeness (QED) is 0.0342. The van der Waals surface area contributed by atoms with Crippen molar-refractivity contribution in [2.45, 2.75) is 0 Å². The molecule has 0 radical (unpaired) electrons. The van der Waals surface area contributed by atoms with E-state index < -0.39 is 0 Å². The van der Waals surface area contributed by atoms with Crippen LogP contribution in [0.25, 0.3) is 105 Å². The van der Waals surface area contributed by atoms with Crippen molar-refractivity contribution >= 4 is 115 Å². The molecule has 42 heteroatoms. The van der Waals surface area contributed by atoms with Gasteiger partial charge in [-0.1, -0.05) is 89.8 Å². The maximum absolute atomic E-state index is 7.96. The van der Waals surface area contributed by atoms with Gasteiger partial charge in [0.2, 0.25) is 0 Å². The van der Waals surface area contributed by atoms with Crippen LogP contribution in [0.1, 0.15) is 0 Å². The van der Waals surface area contributed by atoms with Crippen LogP contribution in [0.15, 0.2) is 237 Å². The molecule has 0 atom stereocenters. The number of thiocarbonyl (C=S) groups is 4. The monoisotopic (exact) mass is 1320 g/mol. The topological polar surface area (TPSA) is 582 Å². The minimum absolute atomic E-state index is 0. The van der Waals surface area contributed by atoms with Gasteiger partial charge in [-0.05, 0) is 141 Å². The molecule has 36 nitrogen and oxygen atoms in total. The Labute approximate surface area is 532 Å². The number of isothiocyanates is 4. The first-order chi connectivity index (χ1) is 41.1. The average Bonchev–Trinajstić information content (AvgIpc) is 3.53. The van der Waals surface area contributed by atoms with Crippen LogP contribution in [0.3, 0.4) is 0 Å². The van der Waals surface area contributed by atoms with Crippen molar-refractivity contribution in [1.82, 2.24) is 39.9 Å². The van der Waals surface area contributed by atoms with Crippen LogP contribution in [-0.4, -0.2) is 60.5 Å². The molecule has 86 heavy (non-hydrogen) atoms. The molecule has 0 N–H and O–H groups in total. The minimum Gasteiger partial charge on any atom is -0.753 e. The summed E-state index contributed by atoms with van der Waals surface area (Å²) in [5.41, 5.74) is 68.4. The number of rotatable bonds is 8. The number of pyridine rings is 8. The molecule has 8 aromatic heterocycles. The summed E-state index contributed by atoms with van der Waals surface area (Å²) in [6, 6.07) is 26.2. The first-order valence-electron chi connectivity index (χ1n) is 20.8. The Morgan fingerprint density at radius 2 is 0.291 bits per heavy atom. The Bertz CT molecular complexity index is 2840. The molecule has 8 aromatic rings. The summed E-state index contributed by atoms with van der Waals surface area (Å²) >= 11 is 14.8. The van der Waals surface area contributed by atoms with Gasteiger partial charge in [-0.15, -0.1) is 0 Å². The molecule has 0 aromatic carbocycles. The second-order valence-electron chi connectivity index (χ2n) is 11.5. The van der Waals surface area contributed by atoms with Gasteiger partial charge in [0, 0.05) is 184 Å². The van der Waals surface area contributed by atoms with Crippen LogP contribution in [0.5, 0.6) is 0 Å². The van der Waals surface area contributed by atoms with Gasteiger partial charge < -0.3 is 21.6 Å². The summed E-state index contributed by atoms with van der Waals surface area (Å²) in [4.78, 5) is 50.8. The Kier molecular flexibility index (Phi) is 72.6. The van der Waals surface area contributed by atoms with Crippen LogP contribution in [0, 0.1) is 0 Å². The molecule has 0 bridgehead atoms. The van der Waals surface area contributed by atoms with Gasteiger partial charge in [0.05, 0.1) is 0 Å². The Balaban J connectivity index is -0.000000206. The van der Waals surface area contributed by atoms with Gasteiger partial charge in [-0.3, -0.25) is 39.9 Å². The smallest absolute Gasteiger partial charge is 0.753 e. The normalized spacial score (nSPS) is 7.07. The Morgan fingerprint density at radius 1 is 0.221 bits per heavy atom. The summed E-state index contributed by atoms with van der Waals surface area (Å²) < 4.78 is 0. The van der Waals surface area contributed by atoms with Crippen molar-refractivity contribution in [1.29, 1.82) is 0 Å². The zero-order valence-electron chi connectivity index (χ0n) is 43.6. The fraction of sp³-hybridized carbons (Fsp3) is 0. The zero-order chi connectivity index (χ0) is 63.0. The third kappa shape index (κ3) is 63.0. The van der Waals surface area contributed by atoms with E-state index in [1.54, 1.807) is 196 Å². The molecular formula is C44H32N36S4Zn2. The van der Waals surface area contributed by atoms with E-state index in [4.69, 9.17) is 65.9 Å². The van der Waals surface area contributed by atoms with Crippen LogP contribution < -0.4 is 0 Å². The van der Waals surface area contributed by atoms with Crippen molar-refractivity contribution in [3.8, 4) is 0 Å². The number of azide groups is 8. The molecule has 8 rings (SSSR count). The molecule has 0 aliphatic heterocycles. The summed E-state index contributed by atoms with van der Waals surface area (Å²) in [5, 5.41) is 60.6. The van der Waals surface area contributed by atoms with Crippen LogP contribution in [0.2, 0.25) is 0 Å². The van der Waals surface area contributed by atoms with E-state index in [1.807, 2.05) is 0 Å². The van der Waals surface area contributed by atoms with E-state index in [1.165, 1.54) is 20.6 Å². The molecule has 8 heterocycles. The van der Waals surface area contributed by atoms with Crippen molar-refractivity contribution in [2.75, 3.05) is 0 Å². The number of aromatic nitrogens is 8. The van der Waals surface area contributed by atoms with Crippen molar-refractivity contribution in [3.05, 3.63) is 301 Å². The number of hydrogen-bond acceptors (Lipinski definition) is 20. The van der Waals surface area contributed by atoms with E-state index in [9.17, 15) is 0 Å². The second kappa shape index (κ2) is 73.1. The molecule has 0 spiro atoms. The molecular weight excluding hydrogens is 1290 g/mol. The van der Waals surface area contributed by atoms with E-state index in [2.05, 4.69) is 169 Å². The first-order valence-corrected chi connectivity index (χ1v) is 22.4. The molecule has 0 unspecified atom stereocenters. The number of hydrogen-bond donors (Lipinski definition) is 0. The van der Waals surface area contributed by atoms with Gasteiger partial charge in [0.15, 0.2) is 0 Å². The summed E-state index contributed by atoms with van der Waals surface area (Å²) in [7, 11) is 0. The van der Waals surface area contributed by atoms with Gasteiger partial charge in [0.25, 0.3) is 0 Å². The molecule has 0 saturated carbocycles. The SMILES string of the molecule is [N-]=C=S.[N-]=C=S.[N-]=C=S.[N-]=C=S.[N-]=[N+]=Nc1ccncc1.[N-]=[N+]=Nc1ccncc1.[N-]=[N+]=Nc1ccncc1.[N-]=[N+]=Nc1ccncc1.[N-]=[N+]=Nc1ccncc1.[N-]=[N+]=Nc1ccncc1.[N-]=[N+]=Nc1ccncc1.[N-]=[N+]=Nc1ccncc1.[Zn+2].[Zn+2]. The molecule has 0 aliphatic rings. The molecule has 0 fully saturated rings. The summed E-state index contributed by atoms with van der Waals surface area (Å²) in [5.74, 6) is 0. The van der Waals surface area contributed by atoms with Crippen molar-refractivity contribution in [3.63, 3.8) is 0 Å². The van der Waals surface area contributed by atoms with E-state index in [0.29, 0.717) is 45.5 Å². The van der Waals surface area contributed by atoms with Gasteiger partial charge in [0.1, 0.15) is 0 Å². The fourth-order valence-electron chi connectivity index (χ4n) is 3.70. The van der Waals surface area contributed by atoms with E-state index in [0.717, 1.165) is 0 Å². The summed E-state index contributed by atoms with van der Waals surface area (Å²) in [6.07, 6.45) is 25.2.